The van der Waals surface area contributed by atoms with Crippen molar-refractivity contribution in [1.29, 1.82) is 0 Å². The summed E-state index contributed by atoms with van der Waals surface area (Å²) >= 11 is 1.38. The Labute approximate surface area is 142 Å². The highest BCUT2D eigenvalue weighted by Gasteiger charge is 2.32. The normalized spacial score (nSPS) is 15.6. The van der Waals surface area contributed by atoms with Crippen molar-refractivity contribution in [3.8, 4) is 0 Å². The summed E-state index contributed by atoms with van der Waals surface area (Å²) < 4.78 is 0. The number of nitrogens with one attached hydrogen (secondary N) is 2. The molecule has 0 saturated heterocycles. The number of hydrogen-bond acceptors (Lipinski definition) is 5. The van der Waals surface area contributed by atoms with Crippen molar-refractivity contribution in [1.82, 2.24) is 10.3 Å². The van der Waals surface area contributed by atoms with E-state index in [-0.39, 0.29) is 18.4 Å². The van der Waals surface area contributed by atoms with Crippen LogP contribution in [-0.4, -0.2) is 29.3 Å². The Hall–Kier alpha value is -2.74. The summed E-state index contributed by atoms with van der Waals surface area (Å²) in [4.78, 5) is 40.4. The molecule has 1 aromatic heterocycles. The van der Waals surface area contributed by atoms with Crippen LogP contribution in [0.5, 0.6) is 0 Å². The van der Waals surface area contributed by atoms with Crippen LogP contribution in [0.2, 0.25) is 0 Å². The number of fused-ring (bicyclic) bond motifs is 1. The van der Waals surface area contributed by atoms with E-state index in [2.05, 4.69) is 15.6 Å². The quantitative estimate of drug-likeness (QED) is 0.751. The average Bonchev–Trinajstić information content (AvgIpc) is 3.13. The van der Waals surface area contributed by atoms with Gasteiger partial charge in [0, 0.05) is 10.4 Å². The molecule has 0 spiro atoms. The largest absolute Gasteiger partial charge is 0.368 e. The molecule has 0 bridgehead atoms. The van der Waals surface area contributed by atoms with E-state index in [9.17, 15) is 14.4 Å². The Morgan fingerprint density at radius 3 is 2.71 bits per heavy atom. The lowest BCUT2D eigenvalue weighted by molar-refractivity contribution is -0.125. The van der Waals surface area contributed by atoms with Gasteiger partial charge in [0.2, 0.25) is 11.8 Å². The molecule has 1 aromatic carbocycles. The number of nitrogens with two attached hydrogens (primary N) is 1. The second-order valence-electron chi connectivity index (χ2n) is 5.42. The second kappa shape index (κ2) is 6.79. The van der Waals surface area contributed by atoms with Gasteiger partial charge in [-0.2, -0.15) is 0 Å². The van der Waals surface area contributed by atoms with E-state index < -0.39 is 11.8 Å². The number of primary amides is 1. The topological polar surface area (TPSA) is 114 Å². The fraction of sp³-hybridized carbons (Fsp3) is 0.250. The smallest absolute Gasteiger partial charge is 0.257 e. The Balaban J connectivity index is 1.69. The molecule has 0 radical (unpaired) electrons. The summed E-state index contributed by atoms with van der Waals surface area (Å²) in [5.74, 6) is -1.50. The number of nitrogens with zero attached hydrogens (tertiary/aromatic N) is 1. The maximum Gasteiger partial charge on any atom is 0.257 e. The lowest BCUT2D eigenvalue weighted by Crippen LogP contribution is -2.36. The van der Waals surface area contributed by atoms with Gasteiger partial charge in [0.15, 0.2) is 5.13 Å². The number of carbonyl (C=O) groups is 3. The van der Waals surface area contributed by atoms with E-state index in [1.165, 1.54) is 11.3 Å². The molecule has 1 unspecified atom stereocenters. The summed E-state index contributed by atoms with van der Waals surface area (Å²) in [6.45, 7) is -0.188. The molecule has 124 valence electrons. The van der Waals surface area contributed by atoms with Crippen molar-refractivity contribution in [3.05, 3.63) is 46.5 Å². The third kappa shape index (κ3) is 3.43. The van der Waals surface area contributed by atoms with Crippen molar-refractivity contribution in [3.63, 3.8) is 0 Å². The maximum absolute atomic E-state index is 12.2. The van der Waals surface area contributed by atoms with Crippen LogP contribution in [0.4, 0.5) is 5.13 Å². The molecule has 1 aliphatic carbocycles. The zero-order valence-corrected chi connectivity index (χ0v) is 13.6. The molecule has 1 aliphatic rings. The first-order chi connectivity index (χ1) is 11.5. The molecule has 1 atom stereocenters. The number of carbonyl (C=O) groups excluding carboxylic acids is 3. The number of benzene rings is 1. The lowest BCUT2D eigenvalue weighted by atomic mass is 10.1. The number of thiazole rings is 1. The minimum absolute atomic E-state index is 0.188. The number of anilines is 1. The fourth-order valence-electron chi connectivity index (χ4n) is 2.59. The van der Waals surface area contributed by atoms with Crippen LogP contribution in [0.3, 0.4) is 0 Å². The minimum atomic E-state index is -0.587. The lowest BCUT2D eigenvalue weighted by Gasteiger charge is -2.09. The number of aromatic nitrogens is 1. The molecule has 2 aromatic rings. The highest BCUT2D eigenvalue weighted by molar-refractivity contribution is 7.16. The summed E-state index contributed by atoms with van der Waals surface area (Å²) in [7, 11) is 0. The number of hydrogen-bond donors (Lipinski definition) is 3. The zero-order chi connectivity index (χ0) is 17.1. The van der Waals surface area contributed by atoms with Gasteiger partial charge in [-0.15, -0.1) is 11.3 Å². The van der Waals surface area contributed by atoms with Gasteiger partial charge in [0.25, 0.3) is 5.91 Å². The van der Waals surface area contributed by atoms with Crippen molar-refractivity contribution >= 4 is 34.2 Å². The van der Waals surface area contributed by atoms with E-state index in [4.69, 9.17) is 5.73 Å². The molecular weight excluding hydrogens is 328 g/mol. The van der Waals surface area contributed by atoms with E-state index in [0.29, 0.717) is 22.8 Å². The third-order valence-corrected chi connectivity index (χ3v) is 4.77. The van der Waals surface area contributed by atoms with Crippen molar-refractivity contribution in [2.45, 2.75) is 18.8 Å². The first kappa shape index (κ1) is 16.1. The van der Waals surface area contributed by atoms with Gasteiger partial charge in [0.1, 0.15) is 0 Å². The van der Waals surface area contributed by atoms with Gasteiger partial charge in [-0.05, 0) is 25.0 Å². The van der Waals surface area contributed by atoms with Crippen LogP contribution >= 0.6 is 11.3 Å². The van der Waals surface area contributed by atoms with Crippen molar-refractivity contribution in [2.75, 3.05) is 11.9 Å². The van der Waals surface area contributed by atoms with Crippen LogP contribution in [-0.2, 0) is 16.0 Å². The Morgan fingerprint density at radius 2 is 2.00 bits per heavy atom. The van der Waals surface area contributed by atoms with Crippen LogP contribution in [0.25, 0.3) is 0 Å². The minimum Gasteiger partial charge on any atom is -0.368 e. The van der Waals surface area contributed by atoms with Crippen LogP contribution in [0.15, 0.2) is 30.3 Å². The second-order valence-corrected chi connectivity index (χ2v) is 6.51. The molecule has 0 aliphatic heterocycles. The summed E-state index contributed by atoms with van der Waals surface area (Å²) in [5.41, 5.74) is 6.25. The predicted octanol–water partition coefficient (Wildman–Crippen LogP) is 1.03. The Morgan fingerprint density at radius 1 is 1.25 bits per heavy atom. The van der Waals surface area contributed by atoms with Gasteiger partial charge in [-0.3, -0.25) is 19.7 Å². The number of aryl methyl sites for hydroxylation is 1. The maximum atomic E-state index is 12.2. The number of amides is 3. The monoisotopic (exact) mass is 344 g/mol. The summed E-state index contributed by atoms with van der Waals surface area (Å²) in [6, 6.07) is 8.85. The molecular formula is C16H16N4O3S. The third-order valence-electron chi connectivity index (χ3n) is 3.73. The SMILES string of the molecule is NC(=O)CNC(=O)C1CCc2sc(NC(=O)c3ccccc3)nc21. The summed E-state index contributed by atoms with van der Waals surface area (Å²) in [5, 5.41) is 5.74. The van der Waals surface area contributed by atoms with Gasteiger partial charge >= 0.3 is 0 Å². The van der Waals surface area contributed by atoms with Crippen molar-refractivity contribution in [2.24, 2.45) is 5.73 Å². The molecule has 3 amide bonds. The molecule has 7 nitrogen and oxygen atoms in total. The highest BCUT2D eigenvalue weighted by Crippen LogP contribution is 2.38. The van der Waals surface area contributed by atoms with E-state index in [1.807, 2.05) is 6.07 Å². The standard InChI is InChI=1S/C16H16N4O3S/c17-12(21)8-18-15(23)10-6-7-11-13(10)19-16(24-11)20-14(22)9-4-2-1-3-5-9/h1-5,10H,6-8H2,(H2,17,21)(H,18,23)(H,19,20,22). The van der Waals surface area contributed by atoms with E-state index in [0.717, 1.165) is 11.3 Å². The van der Waals surface area contributed by atoms with E-state index >= 15 is 0 Å². The van der Waals surface area contributed by atoms with Crippen LogP contribution < -0.4 is 16.4 Å². The molecule has 0 saturated carbocycles. The molecule has 3 rings (SSSR count). The van der Waals surface area contributed by atoms with E-state index in [1.54, 1.807) is 24.3 Å². The number of rotatable bonds is 5. The molecule has 0 fully saturated rings. The Kier molecular flexibility index (Phi) is 4.57. The van der Waals surface area contributed by atoms with Gasteiger partial charge in [-0.1, -0.05) is 18.2 Å². The van der Waals surface area contributed by atoms with Gasteiger partial charge < -0.3 is 11.1 Å². The predicted molar refractivity (Wildman–Crippen MR) is 89.8 cm³/mol. The van der Waals surface area contributed by atoms with Crippen molar-refractivity contribution < 1.29 is 14.4 Å². The molecule has 24 heavy (non-hydrogen) atoms. The van der Waals surface area contributed by atoms with Crippen LogP contribution in [0.1, 0.15) is 33.3 Å². The first-order valence-electron chi connectivity index (χ1n) is 7.46. The van der Waals surface area contributed by atoms with Gasteiger partial charge in [0.05, 0.1) is 18.2 Å². The summed E-state index contributed by atoms with van der Waals surface area (Å²) in [6.07, 6.45) is 1.37. The van der Waals surface area contributed by atoms with Gasteiger partial charge in [-0.25, -0.2) is 4.98 Å². The Bertz CT molecular complexity index is 788. The fourth-order valence-corrected chi connectivity index (χ4v) is 3.63. The molecule has 1 heterocycles. The van der Waals surface area contributed by atoms with Crippen LogP contribution in [0, 0.1) is 0 Å². The molecule has 4 N–H and O–H groups in total. The average molecular weight is 344 g/mol. The zero-order valence-electron chi connectivity index (χ0n) is 12.7. The highest BCUT2D eigenvalue weighted by atomic mass is 32.1. The first-order valence-corrected chi connectivity index (χ1v) is 8.28. The molecule has 8 heteroatoms.